The maximum absolute atomic E-state index is 12.2. The van der Waals surface area contributed by atoms with E-state index >= 15 is 0 Å². The van der Waals surface area contributed by atoms with Crippen LogP contribution in [0.4, 0.5) is 0 Å². The molecule has 1 aliphatic carbocycles. The predicted molar refractivity (Wildman–Crippen MR) is 75.9 cm³/mol. The molecule has 0 aliphatic heterocycles. The van der Waals surface area contributed by atoms with Crippen LogP contribution in [-0.4, -0.2) is 25.7 Å². The number of nitrogens with zero attached hydrogens (tertiary/aromatic N) is 4. The van der Waals surface area contributed by atoms with Crippen LogP contribution in [0.1, 0.15) is 61.1 Å². The van der Waals surface area contributed by atoms with E-state index in [4.69, 9.17) is 4.52 Å². The first-order valence-electron chi connectivity index (χ1n) is 7.40. The summed E-state index contributed by atoms with van der Waals surface area (Å²) in [6.07, 6.45) is 6.53. The van der Waals surface area contributed by atoms with Crippen molar-refractivity contribution < 1.29 is 9.32 Å². The average Bonchev–Trinajstić information content (AvgIpc) is 3.05. The lowest BCUT2D eigenvalue weighted by Crippen LogP contribution is -2.19. The molecule has 1 fully saturated rings. The van der Waals surface area contributed by atoms with Crippen LogP contribution < -0.4 is 0 Å². The van der Waals surface area contributed by atoms with E-state index in [2.05, 4.69) is 29.1 Å². The van der Waals surface area contributed by atoms with Gasteiger partial charge in [0.2, 0.25) is 0 Å². The highest BCUT2D eigenvalue weighted by molar-refractivity contribution is 6.05. The SMILES string of the molecule is C[C@H]1CC(c2noc(C(=O)c3cnn(C)c3)n2)C[C@H](C)C1. The van der Waals surface area contributed by atoms with Crippen molar-refractivity contribution in [3.63, 3.8) is 0 Å². The molecule has 1 saturated carbocycles. The molecular weight excluding hydrogens is 268 g/mol. The fourth-order valence-corrected chi connectivity index (χ4v) is 3.31. The molecule has 0 bridgehead atoms. The lowest BCUT2D eigenvalue weighted by molar-refractivity contribution is 0.0994. The maximum atomic E-state index is 12.2. The number of hydrogen-bond acceptors (Lipinski definition) is 5. The zero-order valence-corrected chi connectivity index (χ0v) is 12.6. The van der Waals surface area contributed by atoms with Crippen molar-refractivity contribution in [2.45, 2.75) is 39.0 Å². The molecule has 0 saturated heterocycles. The minimum atomic E-state index is -0.265. The first-order valence-corrected chi connectivity index (χ1v) is 7.40. The number of aromatic nitrogens is 4. The minimum absolute atomic E-state index is 0.0591. The Kier molecular flexibility index (Phi) is 3.61. The number of carbonyl (C=O) groups excluding carboxylic acids is 1. The molecule has 0 spiro atoms. The Morgan fingerprint density at radius 1 is 1.29 bits per heavy atom. The Hall–Kier alpha value is -1.98. The minimum Gasteiger partial charge on any atom is -0.330 e. The summed E-state index contributed by atoms with van der Waals surface area (Å²) < 4.78 is 6.74. The van der Waals surface area contributed by atoms with Crippen LogP contribution >= 0.6 is 0 Å². The van der Waals surface area contributed by atoms with Gasteiger partial charge in [-0.25, -0.2) is 0 Å². The van der Waals surface area contributed by atoms with Crippen molar-refractivity contribution in [2.24, 2.45) is 18.9 Å². The van der Waals surface area contributed by atoms with Gasteiger partial charge in [-0.3, -0.25) is 9.48 Å². The molecular formula is C15H20N4O2. The molecule has 112 valence electrons. The molecule has 0 amide bonds. The van der Waals surface area contributed by atoms with Gasteiger partial charge in [-0.15, -0.1) is 0 Å². The first kappa shape index (κ1) is 14.0. The lowest BCUT2D eigenvalue weighted by atomic mass is 9.76. The van der Waals surface area contributed by atoms with Crippen LogP contribution in [0.15, 0.2) is 16.9 Å². The van der Waals surface area contributed by atoms with Gasteiger partial charge in [0.1, 0.15) is 0 Å². The number of aryl methyl sites for hydroxylation is 1. The Balaban J connectivity index is 1.78. The van der Waals surface area contributed by atoms with Crippen molar-refractivity contribution in [2.75, 3.05) is 0 Å². The lowest BCUT2D eigenvalue weighted by Gasteiger charge is -2.29. The highest BCUT2D eigenvalue weighted by Gasteiger charge is 2.29. The van der Waals surface area contributed by atoms with E-state index in [-0.39, 0.29) is 11.7 Å². The fraction of sp³-hybridized carbons (Fsp3) is 0.600. The summed E-state index contributed by atoms with van der Waals surface area (Å²) in [6.45, 7) is 4.51. The molecule has 0 aromatic carbocycles. The largest absolute Gasteiger partial charge is 0.330 e. The summed E-state index contributed by atoms with van der Waals surface area (Å²) in [7, 11) is 1.76. The first-order chi connectivity index (χ1) is 10.0. The Morgan fingerprint density at radius 2 is 2.00 bits per heavy atom. The molecule has 0 radical (unpaired) electrons. The van der Waals surface area contributed by atoms with Crippen molar-refractivity contribution in [3.8, 4) is 0 Å². The van der Waals surface area contributed by atoms with E-state index in [0.29, 0.717) is 29.1 Å². The van der Waals surface area contributed by atoms with Gasteiger partial charge in [0.25, 0.3) is 11.7 Å². The van der Waals surface area contributed by atoms with E-state index in [1.54, 1.807) is 17.9 Å². The van der Waals surface area contributed by atoms with Crippen LogP contribution in [0.5, 0.6) is 0 Å². The van der Waals surface area contributed by atoms with Gasteiger partial charge in [0.15, 0.2) is 5.82 Å². The third kappa shape index (κ3) is 2.89. The monoisotopic (exact) mass is 288 g/mol. The molecule has 2 aromatic heterocycles. The molecule has 2 aromatic rings. The quantitative estimate of drug-likeness (QED) is 0.811. The van der Waals surface area contributed by atoms with Crippen molar-refractivity contribution in [1.29, 1.82) is 0 Å². The smallest absolute Gasteiger partial charge is 0.299 e. The number of ketones is 1. The van der Waals surface area contributed by atoms with Gasteiger partial charge in [0, 0.05) is 19.2 Å². The Morgan fingerprint density at radius 3 is 2.62 bits per heavy atom. The third-order valence-electron chi connectivity index (χ3n) is 4.15. The molecule has 2 heterocycles. The number of carbonyl (C=O) groups is 1. The van der Waals surface area contributed by atoms with Gasteiger partial charge < -0.3 is 4.52 Å². The molecule has 6 nitrogen and oxygen atoms in total. The van der Waals surface area contributed by atoms with Crippen LogP contribution in [0.2, 0.25) is 0 Å². The van der Waals surface area contributed by atoms with Crippen molar-refractivity contribution >= 4 is 5.78 Å². The second kappa shape index (κ2) is 5.42. The van der Waals surface area contributed by atoms with E-state index in [9.17, 15) is 4.79 Å². The number of rotatable bonds is 3. The Bertz CT molecular complexity index is 636. The van der Waals surface area contributed by atoms with Crippen LogP contribution in [0.3, 0.4) is 0 Å². The normalized spacial score (nSPS) is 26.0. The highest BCUT2D eigenvalue weighted by Crippen LogP contribution is 2.37. The predicted octanol–water partition coefficient (Wildman–Crippen LogP) is 2.57. The summed E-state index contributed by atoms with van der Waals surface area (Å²) in [6, 6.07) is 0. The van der Waals surface area contributed by atoms with Gasteiger partial charge in [-0.05, 0) is 31.1 Å². The second-order valence-electron chi connectivity index (χ2n) is 6.30. The standard InChI is InChI=1S/C15H20N4O2/c1-9-4-10(2)6-11(5-9)14-17-15(21-18-14)13(20)12-7-16-19(3)8-12/h7-11H,4-6H2,1-3H3/t9-,10-/m1/s1. The summed E-state index contributed by atoms with van der Waals surface area (Å²) in [5, 5.41) is 8.01. The van der Waals surface area contributed by atoms with Gasteiger partial charge in [0.05, 0.1) is 11.8 Å². The van der Waals surface area contributed by atoms with E-state index < -0.39 is 0 Å². The summed E-state index contributed by atoms with van der Waals surface area (Å²) in [4.78, 5) is 16.6. The van der Waals surface area contributed by atoms with Crippen LogP contribution in [0, 0.1) is 11.8 Å². The molecule has 6 heteroatoms. The van der Waals surface area contributed by atoms with Gasteiger partial charge in [-0.1, -0.05) is 19.0 Å². The molecule has 2 atom stereocenters. The zero-order chi connectivity index (χ0) is 15.0. The molecule has 3 rings (SSSR count). The van der Waals surface area contributed by atoms with Crippen molar-refractivity contribution in [1.82, 2.24) is 19.9 Å². The van der Waals surface area contributed by atoms with Crippen LogP contribution in [-0.2, 0) is 7.05 Å². The van der Waals surface area contributed by atoms with Crippen molar-refractivity contribution in [3.05, 3.63) is 29.7 Å². The second-order valence-corrected chi connectivity index (χ2v) is 6.30. The molecule has 1 aliphatic rings. The van der Waals surface area contributed by atoms with Gasteiger partial charge >= 0.3 is 0 Å². The van der Waals surface area contributed by atoms with Gasteiger partial charge in [-0.2, -0.15) is 10.1 Å². The molecule has 0 unspecified atom stereocenters. The maximum Gasteiger partial charge on any atom is 0.299 e. The number of hydrogen-bond donors (Lipinski definition) is 0. The zero-order valence-electron chi connectivity index (χ0n) is 12.6. The molecule has 21 heavy (non-hydrogen) atoms. The summed E-state index contributed by atoms with van der Waals surface area (Å²) >= 11 is 0. The summed E-state index contributed by atoms with van der Waals surface area (Å²) in [5.41, 5.74) is 0.470. The van der Waals surface area contributed by atoms with E-state index in [1.165, 1.54) is 12.6 Å². The molecule has 0 N–H and O–H groups in total. The highest BCUT2D eigenvalue weighted by atomic mass is 16.5. The average molecular weight is 288 g/mol. The summed E-state index contributed by atoms with van der Waals surface area (Å²) in [5.74, 6) is 2.08. The third-order valence-corrected chi connectivity index (χ3v) is 4.15. The van der Waals surface area contributed by atoms with E-state index in [1.807, 2.05) is 0 Å². The Labute approximate surface area is 123 Å². The van der Waals surface area contributed by atoms with E-state index in [0.717, 1.165) is 12.8 Å². The fourth-order valence-electron chi connectivity index (χ4n) is 3.31. The van der Waals surface area contributed by atoms with Crippen LogP contribution in [0.25, 0.3) is 0 Å². The topological polar surface area (TPSA) is 73.8 Å².